The Labute approximate surface area is 143 Å². The van der Waals surface area contributed by atoms with E-state index in [0.717, 1.165) is 5.56 Å². The van der Waals surface area contributed by atoms with E-state index in [1.165, 1.54) is 19.2 Å². The molecular formula is C17H16FN5O2. The molecule has 2 heterocycles. The van der Waals surface area contributed by atoms with E-state index in [1.807, 2.05) is 13.0 Å². The number of ether oxygens (including phenoxy) is 1. The molecule has 0 saturated carbocycles. The minimum absolute atomic E-state index is 0.124. The normalized spacial score (nSPS) is 10.5. The van der Waals surface area contributed by atoms with Crippen LogP contribution >= 0.6 is 0 Å². The monoisotopic (exact) mass is 341 g/mol. The molecule has 0 amide bonds. The van der Waals surface area contributed by atoms with Crippen molar-refractivity contribution in [2.24, 2.45) is 0 Å². The van der Waals surface area contributed by atoms with Crippen molar-refractivity contribution < 1.29 is 13.9 Å². The molecule has 3 rings (SSSR count). The van der Waals surface area contributed by atoms with Crippen molar-refractivity contribution in [1.82, 2.24) is 19.7 Å². The first-order valence-corrected chi connectivity index (χ1v) is 7.53. The Kier molecular flexibility index (Phi) is 4.69. The van der Waals surface area contributed by atoms with E-state index in [4.69, 9.17) is 0 Å². The Morgan fingerprint density at radius 1 is 1.28 bits per heavy atom. The summed E-state index contributed by atoms with van der Waals surface area (Å²) in [5.41, 5.74) is 1.32. The van der Waals surface area contributed by atoms with E-state index >= 15 is 0 Å². The first-order valence-electron chi connectivity index (χ1n) is 7.53. The number of imidazole rings is 1. The highest BCUT2D eigenvalue weighted by molar-refractivity contribution is 5.86. The summed E-state index contributed by atoms with van der Waals surface area (Å²) in [6.45, 7) is 2.18. The molecule has 0 aliphatic carbocycles. The van der Waals surface area contributed by atoms with Gasteiger partial charge < -0.3 is 14.6 Å². The van der Waals surface area contributed by atoms with Gasteiger partial charge in [0, 0.05) is 18.9 Å². The first-order chi connectivity index (χ1) is 12.1. The predicted octanol–water partition coefficient (Wildman–Crippen LogP) is 2.51. The fourth-order valence-corrected chi connectivity index (χ4v) is 2.32. The van der Waals surface area contributed by atoms with Crippen LogP contribution in [-0.2, 0) is 11.3 Å². The number of carbonyl (C=O) groups is 1. The Bertz CT molecular complexity index is 892. The third-order valence-corrected chi connectivity index (χ3v) is 3.63. The number of carbonyl (C=O) groups excluding carboxylic acids is 1. The lowest BCUT2D eigenvalue weighted by atomic mass is 10.2. The van der Waals surface area contributed by atoms with Crippen molar-refractivity contribution in [3.63, 3.8) is 0 Å². The second-order valence-electron chi connectivity index (χ2n) is 5.28. The maximum absolute atomic E-state index is 14.3. The average molecular weight is 341 g/mol. The molecule has 0 spiro atoms. The molecule has 1 N–H and O–H groups in total. The van der Waals surface area contributed by atoms with Crippen molar-refractivity contribution in [2.45, 2.75) is 13.5 Å². The fraction of sp³-hybridized carbons (Fsp3) is 0.176. The van der Waals surface area contributed by atoms with Crippen LogP contribution in [0.5, 0.6) is 0 Å². The maximum atomic E-state index is 14.3. The molecule has 0 atom stereocenters. The van der Waals surface area contributed by atoms with Gasteiger partial charge in [-0.05, 0) is 36.8 Å². The van der Waals surface area contributed by atoms with Crippen LogP contribution in [0.15, 0.2) is 42.7 Å². The quantitative estimate of drug-likeness (QED) is 0.718. The molecule has 0 bridgehead atoms. The zero-order valence-corrected chi connectivity index (χ0v) is 13.7. The Hall–Kier alpha value is -3.29. The SMILES string of the molecule is COC(=O)c1ccc(NCc2ccc(-n3ccnc3C)c(F)c2)nn1. The summed E-state index contributed by atoms with van der Waals surface area (Å²) in [5, 5.41) is 10.7. The van der Waals surface area contributed by atoms with Crippen molar-refractivity contribution in [1.29, 1.82) is 0 Å². The second kappa shape index (κ2) is 7.08. The van der Waals surface area contributed by atoms with Crippen LogP contribution in [-0.4, -0.2) is 32.8 Å². The van der Waals surface area contributed by atoms with E-state index in [2.05, 4.69) is 25.2 Å². The number of hydrogen-bond donors (Lipinski definition) is 1. The smallest absolute Gasteiger partial charge is 0.358 e. The van der Waals surface area contributed by atoms with E-state index in [1.54, 1.807) is 29.1 Å². The lowest BCUT2D eigenvalue weighted by Gasteiger charge is -2.10. The number of nitrogens with one attached hydrogen (secondary N) is 1. The second-order valence-corrected chi connectivity index (χ2v) is 5.28. The highest BCUT2D eigenvalue weighted by Crippen LogP contribution is 2.17. The number of benzene rings is 1. The third kappa shape index (κ3) is 3.63. The molecule has 2 aromatic heterocycles. The van der Waals surface area contributed by atoms with Gasteiger partial charge in [-0.2, -0.15) is 0 Å². The van der Waals surface area contributed by atoms with Crippen LogP contribution in [0.3, 0.4) is 0 Å². The van der Waals surface area contributed by atoms with Crippen molar-refractivity contribution in [3.05, 3.63) is 65.6 Å². The van der Waals surface area contributed by atoms with Gasteiger partial charge in [0.25, 0.3) is 0 Å². The summed E-state index contributed by atoms with van der Waals surface area (Å²) in [5.74, 6) is 0.298. The van der Waals surface area contributed by atoms with E-state index in [9.17, 15) is 9.18 Å². The summed E-state index contributed by atoms with van der Waals surface area (Å²) in [6, 6.07) is 8.09. The molecule has 0 aliphatic heterocycles. The predicted molar refractivity (Wildman–Crippen MR) is 89.0 cm³/mol. The van der Waals surface area contributed by atoms with Gasteiger partial charge in [-0.25, -0.2) is 14.2 Å². The van der Waals surface area contributed by atoms with Crippen LogP contribution < -0.4 is 5.32 Å². The lowest BCUT2D eigenvalue weighted by molar-refractivity contribution is 0.0592. The number of aryl methyl sites for hydroxylation is 1. The van der Waals surface area contributed by atoms with Gasteiger partial charge in [0.15, 0.2) is 5.69 Å². The van der Waals surface area contributed by atoms with E-state index in [0.29, 0.717) is 23.9 Å². The molecule has 0 saturated heterocycles. The molecular weight excluding hydrogens is 325 g/mol. The van der Waals surface area contributed by atoms with Crippen LogP contribution in [0.1, 0.15) is 21.9 Å². The van der Waals surface area contributed by atoms with Gasteiger partial charge in [0.1, 0.15) is 17.5 Å². The number of hydrogen-bond acceptors (Lipinski definition) is 6. The van der Waals surface area contributed by atoms with Gasteiger partial charge >= 0.3 is 5.97 Å². The molecule has 25 heavy (non-hydrogen) atoms. The molecule has 0 fully saturated rings. The highest BCUT2D eigenvalue weighted by atomic mass is 19.1. The molecule has 8 heteroatoms. The van der Waals surface area contributed by atoms with Crippen LogP contribution in [0.2, 0.25) is 0 Å². The molecule has 7 nitrogen and oxygen atoms in total. The number of anilines is 1. The summed E-state index contributed by atoms with van der Waals surface area (Å²) in [7, 11) is 1.28. The number of aromatic nitrogens is 4. The fourth-order valence-electron chi connectivity index (χ4n) is 2.32. The van der Waals surface area contributed by atoms with Gasteiger partial charge in [-0.1, -0.05) is 6.07 Å². The largest absolute Gasteiger partial charge is 0.464 e. The minimum Gasteiger partial charge on any atom is -0.464 e. The third-order valence-electron chi connectivity index (χ3n) is 3.63. The summed E-state index contributed by atoms with van der Waals surface area (Å²) in [4.78, 5) is 15.4. The maximum Gasteiger partial charge on any atom is 0.358 e. The molecule has 128 valence electrons. The lowest BCUT2D eigenvalue weighted by Crippen LogP contribution is -2.08. The Morgan fingerprint density at radius 2 is 2.12 bits per heavy atom. The molecule has 0 unspecified atom stereocenters. The van der Waals surface area contributed by atoms with Crippen molar-refractivity contribution >= 4 is 11.8 Å². The number of nitrogens with zero attached hydrogens (tertiary/aromatic N) is 4. The van der Waals surface area contributed by atoms with Crippen LogP contribution in [0.25, 0.3) is 5.69 Å². The van der Waals surface area contributed by atoms with E-state index in [-0.39, 0.29) is 11.5 Å². The summed E-state index contributed by atoms with van der Waals surface area (Å²) >= 11 is 0. The minimum atomic E-state index is -0.550. The van der Waals surface area contributed by atoms with Crippen molar-refractivity contribution in [2.75, 3.05) is 12.4 Å². The zero-order chi connectivity index (χ0) is 17.8. The van der Waals surface area contributed by atoms with Gasteiger partial charge in [0.05, 0.1) is 12.8 Å². The summed E-state index contributed by atoms with van der Waals surface area (Å²) in [6.07, 6.45) is 3.34. The Balaban J connectivity index is 1.69. The molecule has 0 radical (unpaired) electrons. The number of halogens is 1. The summed E-state index contributed by atoms with van der Waals surface area (Å²) < 4.78 is 20.6. The molecule has 3 aromatic rings. The van der Waals surface area contributed by atoms with Gasteiger partial charge in [-0.15, -0.1) is 10.2 Å². The Morgan fingerprint density at radius 3 is 2.72 bits per heavy atom. The standard InChI is InChI=1S/C17H16FN5O2/c1-11-19-7-8-23(11)15-5-3-12(9-13(15)18)10-20-16-6-4-14(21-22-16)17(24)25-2/h3-9H,10H2,1-2H3,(H,20,22). The van der Waals surface area contributed by atoms with Crippen molar-refractivity contribution in [3.8, 4) is 5.69 Å². The number of esters is 1. The number of methoxy groups -OCH3 is 1. The molecule has 0 aliphatic rings. The first kappa shape index (κ1) is 16.6. The van der Waals surface area contributed by atoms with Gasteiger partial charge in [0.2, 0.25) is 0 Å². The highest BCUT2D eigenvalue weighted by Gasteiger charge is 2.09. The topological polar surface area (TPSA) is 81.9 Å². The van der Waals surface area contributed by atoms with Crippen LogP contribution in [0.4, 0.5) is 10.2 Å². The van der Waals surface area contributed by atoms with Gasteiger partial charge in [-0.3, -0.25) is 0 Å². The average Bonchev–Trinajstić information content (AvgIpc) is 3.05. The zero-order valence-electron chi connectivity index (χ0n) is 13.7. The van der Waals surface area contributed by atoms with E-state index < -0.39 is 5.97 Å². The number of rotatable bonds is 5. The molecule has 1 aromatic carbocycles. The van der Waals surface area contributed by atoms with Crippen LogP contribution in [0, 0.1) is 12.7 Å².